The predicted molar refractivity (Wildman–Crippen MR) is 107 cm³/mol. The summed E-state index contributed by atoms with van der Waals surface area (Å²) in [5, 5.41) is 12.3. The monoisotopic (exact) mass is 375 g/mol. The Morgan fingerprint density at radius 1 is 1.30 bits per heavy atom. The number of aliphatic hydroxyl groups is 1. The first-order chi connectivity index (χ1) is 13.1. The third kappa shape index (κ3) is 4.97. The molecule has 0 bridgehead atoms. The Balaban J connectivity index is 1.68. The normalized spacial score (nSPS) is 24.8. The Bertz CT molecular complexity index is 618. The van der Waals surface area contributed by atoms with E-state index in [0.717, 1.165) is 58.5 Å². The van der Waals surface area contributed by atoms with Gasteiger partial charge in [-0.05, 0) is 44.4 Å². The standard InChI is InChI=1S/C20H33N5O2/c1-21-19-14-16(5-7-22-19)20(27)25-8-6-18(17(15-25)4-3-13-26)24-11-9-23(2)10-12-24/h5,7,14,17-18,26H,3-4,6,8-13,15H2,1-2H3,(H,21,22)/t17-,18+/m0/s1. The number of carbonyl (C=O) groups is 1. The maximum atomic E-state index is 13.0. The number of likely N-dealkylation sites (tertiary alicyclic amines) is 1. The lowest BCUT2D eigenvalue weighted by Crippen LogP contribution is -2.56. The van der Waals surface area contributed by atoms with Gasteiger partial charge in [-0.1, -0.05) is 0 Å². The summed E-state index contributed by atoms with van der Waals surface area (Å²) in [7, 11) is 3.99. The second-order valence-corrected chi connectivity index (χ2v) is 7.75. The molecule has 1 aromatic heterocycles. The van der Waals surface area contributed by atoms with Crippen molar-refractivity contribution in [3.8, 4) is 0 Å². The number of rotatable bonds is 6. The molecule has 2 N–H and O–H groups in total. The van der Waals surface area contributed by atoms with Crippen molar-refractivity contribution < 1.29 is 9.90 Å². The molecule has 0 spiro atoms. The number of nitrogens with one attached hydrogen (secondary N) is 1. The molecule has 3 rings (SSSR count). The lowest BCUT2D eigenvalue weighted by Gasteiger charge is -2.46. The molecule has 2 fully saturated rings. The van der Waals surface area contributed by atoms with Crippen LogP contribution < -0.4 is 5.32 Å². The highest BCUT2D eigenvalue weighted by Crippen LogP contribution is 2.28. The maximum Gasteiger partial charge on any atom is 0.254 e. The summed E-state index contributed by atoms with van der Waals surface area (Å²) < 4.78 is 0. The van der Waals surface area contributed by atoms with Crippen LogP contribution in [0.1, 0.15) is 29.6 Å². The minimum absolute atomic E-state index is 0.0831. The van der Waals surface area contributed by atoms with E-state index in [-0.39, 0.29) is 12.5 Å². The van der Waals surface area contributed by atoms with Crippen LogP contribution in [-0.4, -0.2) is 96.7 Å². The van der Waals surface area contributed by atoms with Crippen molar-refractivity contribution in [1.29, 1.82) is 0 Å². The van der Waals surface area contributed by atoms with Gasteiger partial charge in [0.05, 0.1) is 0 Å². The molecule has 0 saturated carbocycles. The van der Waals surface area contributed by atoms with Crippen molar-refractivity contribution in [2.24, 2.45) is 5.92 Å². The van der Waals surface area contributed by atoms with Gasteiger partial charge in [-0.2, -0.15) is 0 Å². The fourth-order valence-corrected chi connectivity index (χ4v) is 4.36. The highest BCUT2D eigenvalue weighted by atomic mass is 16.3. The summed E-state index contributed by atoms with van der Waals surface area (Å²) in [6, 6.07) is 4.12. The molecule has 1 amide bonds. The SMILES string of the molecule is CNc1cc(C(=O)N2CC[C@@H](N3CCN(C)CC3)[C@@H](CCCO)C2)ccn1. The van der Waals surface area contributed by atoms with E-state index in [4.69, 9.17) is 0 Å². The molecule has 0 radical (unpaired) electrons. The fourth-order valence-electron chi connectivity index (χ4n) is 4.36. The van der Waals surface area contributed by atoms with Crippen LogP contribution in [0.5, 0.6) is 0 Å². The van der Waals surface area contributed by atoms with E-state index in [9.17, 15) is 9.90 Å². The number of anilines is 1. The molecule has 7 nitrogen and oxygen atoms in total. The number of pyridine rings is 1. The van der Waals surface area contributed by atoms with E-state index < -0.39 is 0 Å². The summed E-state index contributed by atoms with van der Waals surface area (Å²) in [5.74, 6) is 1.22. The number of nitrogens with zero attached hydrogens (tertiary/aromatic N) is 4. The zero-order valence-corrected chi connectivity index (χ0v) is 16.6. The number of piperidine rings is 1. The van der Waals surface area contributed by atoms with E-state index in [2.05, 4.69) is 27.1 Å². The van der Waals surface area contributed by atoms with Gasteiger partial charge in [0.15, 0.2) is 0 Å². The van der Waals surface area contributed by atoms with Gasteiger partial charge in [-0.3, -0.25) is 9.69 Å². The molecule has 2 aliphatic heterocycles. The van der Waals surface area contributed by atoms with Gasteiger partial charge in [-0.25, -0.2) is 4.98 Å². The van der Waals surface area contributed by atoms with Gasteiger partial charge in [0, 0.05) is 70.7 Å². The Kier molecular flexibility index (Phi) is 7.04. The van der Waals surface area contributed by atoms with Crippen LogP contribution in [0.25, 0.3) is 0 Å². The van der Waals surface area contributed by atoms with Crippen molar-refractivity contribution in [2.75, 3.05) is 65.3 Å². The van der Waals surface area contributed by atoms with Crippen molar-refractivity contribution in [3.05, 3.63) is 23.9 Å². The van der Waals surface area contributed by atoms with Crippen LogP contribution >= 0.6 is 0 Å². The number of hydrogen-bond donors (Lipinski definition) is 2. The van der Waals surface area contributed by atoms with Gasteiger partial charge >= 0.3 is 0 Å². The number of likely N-dealkylation sites (N-methyl/N-ethyl adjacent to an activating group) is 1. The second kappa shape index (κ2) is 9.48. The van der Waals surface area contributed by atoms with E-state index in [1.54, 1.807) is 12.3 Å². The zero-order chi connectivity index (χ0) is 19.2. The molecule has 7 heteroatoms. The molecule has 27 heavy (non-hydrogen) atoms. The average Bonchev–Trinajstić information content (AvgIpc) is 2.72. The van der Waals surface area contributed by atoms with Gasteiger partial charge in [0.1, 0.15) is 5.82 Å². The highest BCUT2D eigenvalue weighted by molar-refractivity contribution is 5.94. The maximum absolute atomic E-state index is 13.0. The fraction of sp³-hybridized carbons (Fsp3) is 0.700. The Labute approximate surface area is 162 Å². The first kappa shape index (κ1) is 20.0. The number of carbonyl (C=O) groups excluding carboxylic acids is 1. The van der Waals surface area contributed by atoms with Crippen LogP contribution in [0.3, 0.4) is 0 Å². The van der Waals surface area contributed by atoms with Crippen LogP contribution in [-0.2, 0) is 0 Å². The number of aliphatic hydroxyl groups excluding tert-OH is 1. The number of aromatic nitrogens is 1. The smallest absolute Gasteiger partial charge is 0.254 e. The van der Waals surface area contributed by atoms with Crippen LogP contribution in [0, 0.1) is 5.92 Å². The minimum Gasteiger partial charge on any atom is -0.396 e. The van der Waals surface area contributed by atoms with Crippen molar-refractivity contribution in [1.82, 2.24) is 19.7 Å². The minimum atomic E-state index is 0.0831. The molecule has 0 aromatic carbocycles. The van der Waals surface area contributed by atoms with E-state index in [1.807, 2.05) is 18.0 Å². The van der Waals surface area contributed by atoms with Crippen molar-refractivity contribution in [3.63, 3.8) is 0 Å². The molecule has 3 heterocycles. The van der Waals surface area contributed by atoms with Gasteiger partial charge in [-0.15, -0.1) is 0 Å². The second-order valence-electron chi connectivity index (χ2n) is 7.75. The predicted octanol–water partition coefficient (Wildman–Crippen LogP) is 0.974. The number of hydrogen-bond acceptors (Lipinski definition) is 6. The summed E-state index contributed by atoms with van der Waals surface area (Å²) in [6.45, 7) is 6.19. The first-order valence-electron chi connectivity index (χ1n) is 10.1. The third-order valence-electron chi connectivity index (χ3n) is 5.98. The number of piperazine rings is 1. The molecule has 2 aliphatic rings. The van der Waals surface area contributed by atoms with Crippen LogP contribution in [0.15, 0.2) is 18.3 Å². The average molecular weight is 376 g/mol. The molecule has 2 atom stereocenters. The molecular formula is C20H33N5O2. The Morgan fingerprint density at radius 3 is 2.78 bits per heavy atom. The largest absolute Gasteiger partial charge is 0.396 e. The summed E-state index contributed by atoms with van der Waals surface area (Å²) in [4.78, 5) is 24.2. The van der Waals surface area contributed by atoms with Gasteiger partial charge in [0.25, 0.3) is 5.91 Å². The number of amides is 1. The molecular weight excluding hydrogens is 342 g/mol. The lowest BCUT2D eigenvalue weighted by molar-refractivity contribution is 0.0218. The first-order valence-corrected chi connectivity index (χ1v) is 10.1. The summed E-state index contributed by atoms with van der Waals surface area (Å²) >= 11 is 0. The zero-order valence-electron chi connectivity index (χ0n) is 16.6. The highest BCUT2D eigenvalue weighted by Gasteiger charge is 2.35. The van der Waals surface area contributed by atoms with Crippen molar-refractivity contribution in [2.45, 2.75) is 25.3 Å². The summed E-state index contributed by atoms with van der Waals surface area (Å²) in [6.07, 6.45) is 4.46. The molecule has 2 saturated heterocycles. The topological polar surface area (TPSA) is 71.9 Å². The molecule has 0 aliphatic carbocycles. The Morgan fingerprint density at radius 2 is 2.07 bits per heavy atom. The quantitative estimate of drug-likeness (QED) is 0.772. The van der Waals surface area contributed by atoms with Crippen LogP contribution in [0.4, 0.5) is 5.82 Å². The van der Waals surface area contributed by atoms with Crippen LogP contribution in [0.2, 0.25) is 0 Å². The van der Waals surface area contributed by atoms with Gasteiger partial charge < -0.3 is 20.2 Å². The lowest BCUT2D eigenvalue weighted by atomic mass is 9.86. The van der Waals surface area contributed by atoms with Crippen molar-refractivity contribution >= 4 is 11.7 Å². The summed E-state index contributed by atoms with van der Waals surface area (Å²) in [5.41, 5.74) is 0.688. The van der Waals surface area contributed by atoms with E-state index in [0.29, 0.717) is 23.3 Å². The van der Waals surface area contributed by atoms with E-state index >= 15 is 0 Å². The molecule has 0 unspecified atom stereocenters. The Hall–Kier alpha value is -1.70. The molecule has 150 valence electrons. The molecule has 1 aromatic rings. The third-order valence-corrected chi connectivity index (χ3v) is 5.98. The van der Waals surface area contributed by atoms with E-state index in [1.165, 1.54) is 0 Å². The van der Waals surface area contributed by atoms with Gasteiger partial charge in [0.2, 0.25) is 0 Å².